The molecule has 101 heavy (non-hydrogen) atoms. The van der Waals surface area contributed by atoms with Crippen LogP contribution in [0.1, 0.15) is 113 Å². The van der Waals surface area contributed by atoms with Crippen LogP contribution >= 0.6 is 30.1 Å². The summed E-state index contributed by atoms with van der Waals surface area (Å²) in [6.45, 7) is 33.4. The summed E-state index contributed by atoms with van der Waals surface area (Å²) < 4.78 is 129. The molecule has 1 fully saturated rings. The summed E-state index contributed by atoms with van der Waals surface area (Å²) in [5.41, 5.74) is 5.95. The van der Waals surface area contributed by atoms with Crippen LogP contribution in [-0.4, -0.2) is 105 Å². The van der Waals surface area contributed by atoms with Gasteiger partial charge in [-0.15, -0.1) is 0 Å². The van der Waals surface area contributed by atoms with Crippen LogP contribution in [0.25, 0.3) is 33.4 Å². The molecule has 14 nitrogen and oxygen atoms in total. The van der Waals surface area contributed by atoms with Crippen LogP contribution in [0.15, 0.2) is 164 Å². The van der Waals surface area contributed by atoms with Crippen molar-refractivity contribution in [3.05, 3.63) is 180 Å². The SMILES string of the molecule is C1CCOC1.CC(C)(C)[P@@]1(=O)COc2cccc(OS(=O)(=O)C(F)(F)F)c21.COc1cccc(C)c1-c1cccc2c1[P@@](C(C)(C)C)CO2.COc1ccccc1B(O)O.Cc1ccccc1-c1cccc2c1[P@@](=O)(C(C)(C)C)CO2.Cc1ccccc1-c1cccc2c1[P@@](C(C)(C)C)CO2. The molecule has 0 radical (unpaired) electrons. The summed E-state index contributed by atoms with van der Waals surface area (Å²) in [6, 6.07) is 52.4. The van der Waals surface area contributed by atoms with Gasteiger partial charge >= 0.3 is 22.7 Å². The van der Waals surface area contributed by atoms with Crippen LogP contribution in [0.3, 0.4) is 0 Å². The number of alkyl halides is 3. The van der Waals surface area contributed by atoms with Crippen molar-refractivity contribution in [2.45, 2.75) is 143 Å². The van der Waals surface area contributed by atoms with Gasteiger partial charge in [0.2, 0.25) is 0 Å². The average Bonchev–Trinajstić information content (AvgIpc) is 1.63. The zero-order valence-electron chi connectivity index (χ0n) is 60.9. The maximum atomic E-state index is 13.6. The van der Waals surface area contributed by atoms with E-state index in [0.29, 0.717) is 17.6 Å². The predicted octanol–water partition coefficient (Wildman–Crippen LogP) is 17.9. The largest absolute Gasteiger partial charge is 0.534 e. The first kappa shape index (κ1) is 80.1. The Kier molecular flexibility index (Phi) is 25.8. The highest BCUT2D eigenvalue weighted by molar-refractivity contribution is 7.88. The smallest absolute Gasteiger partial charge is 0.497 e. The molecule has 0 saturated carbocycles. The van der Waals surface area contributed by atoms with Gasteiger partial charge in [-0.1, -0.05) is 204 Å². The molecule has 13 rings (SSSR count). The van der Waals surface area contributed by atoms with Crippen molar-refractivity contribution in [3.8, 4) is 73.6 Å². The molecule has 8 aromatic carbocycles. The van der Waals surface area contributed by atoms with E-state index in [1.807, 2.05) is 57.2 Å². The van der Waals surface area contributed by atoms with E-state index in [1.165, 1.54) is 81.6 Å². The predicted molar refractivity (Wildman–Crippen MR) is 410 cm³/mol. The second-order valence-electron chi connectivity index (χ2n) is 28.9. The van der Waals surface area contributed by atoms with Crippen LogP contribution in [0.5, 0.6) is 40.2 Å². The first-order valence-corrected chi connectivity index (χ1v) is 41.7. The van der Waals surface area contributed by atoms with E-state index >= 15 is 0 Å². The third-order valence-corrected chi connectivity index (χ3v) is 32.5. The third kappa shape index (κ3) is 18.1. The first-order chi connectivity index (χ1) is 47.3. The van der Waals surface area contributed by atoms with Crippen molar-refractivity contribution in [2.75, 3.05) is 52.8 Å². The van der Waals surface area contributed by atoms with Crippen molar-refractivity contribution < 1.29 is 78.1 Å². The fourth-order valence-electron chi connectivity index (χ4n) is 11.9. The number of rotatable bonds is 8. The normalized spacial score (nSPS) is 18.6. The molecule has 4 atom stereocenters. The van der Waals surface area contributed by atoms with Gasteiger partial charge in [0.05, 0.1) is 19.5 Å². The molecule has 0 amide bonds. The molecule has 0 aromatic heterocycles. The van der Waals surface area contributed by atoms with Gasteiger partial charge in [-0.2, -0.15) is 21.6 Å². The Hall–Kier alpha value is -6.64. The molecular formula is C78H96BF3O14P4S. The highest BCUT2D eigenvalue weighted by Gasteiger charge is 2.52. The fraction of sp³-hybridized carbons (Fsp3) is 0.385. The molecular weight excluding hydrogens is 1380 g/mol. The lowest BCUT2D eigenvalue weighted by molar-refractivity contribution is -0.0499. The number of aryl methyl sites for hydroxylation is 3. The number of ether oxygens (including phenoxy) is 7. The summed E-state index contributed by atoms with van der Waals surface area (Å²) in [5.74, 6) is 3.81. The van der Waals surface area contributed by atoms with E-state index in [4.69, 9.17) is 43.2 Å². The quantitative estimate of drug-likeness (QED) is 0.0634. The van der Waals surface area contributed by atoms with E-state index in [-0.39, 0.29) is 48.7 Å². The number of hydrogen-bond donors (Lipinski definition) is 2. The van der Waals surface area contributed by atoms with Gasteiger partial charge in [0, 0.05) is 45.2 Å². The topological polar surface area (TPSA) is 183 Å². The molecule has 5 aliphatic rings. The summed E-state index contributed by atoms with van der Waals surface area (Å²) >= 11 is 0. The van der Waals surface area contributed by atoms with E-state index in [1.54, 1.807) is 52.1 Å². The zero-order valence-corrected chi connectivity index (χ0v) is 65.3. The number of methoxy groups -OCH3 is 2. The van der Waals surface area contributed by atoms with Gasteiger partial charge in [-0.25, -0.2) is 0 Å². The minimum atomic E-state index is -5.84. The van der Waals surface area contributed by atoms with Crippen LogP contribution in [0.2, 0.25) is 0 Å². The minimum absolute atomic E-state index is 0.0770. The fourth-order valence-corrected chi connectivity index (χ4v) is 22.2. The Balaban J connectivity index is 0.000000159. The maximum Gasteiger partial charge on any atom is 0.534 e. The van der Waals surface area contributed by atoms with Gasteiger partial charge in [-0.05, 0) is 147 Å². The number of benzene rings is 8. The summed E-state index contributed by atoms with van der Waals surface area (Å²) in [6.07, 6.45) is 4.34. The molecule has 542 valence electrons. The molecule has 1 saturated heterocycles. The second kappa shape index (κ2) is 32.6. The number of fused-ring (bicyclic) bond motifs is 4. The van der Waals surface area contributed by atoms with Crippen LogP contribution in [0.4, 0.5) is 13.2 Å². The highest BCUT2D eigenvalue weighted by Crippen LogP contribution is 2.65. The van der Waals surface area contributed by atoms with Gasteiger partial charge in [0.25, 0.3) is 0 Å². The van der Waals surface area contributed by atoms with Crippen molar-refractivity contribution in [1.82, 2.24) is 0 Å². The van der Waals surface area contributed by atoms with E-state index in [2.05, 4.69) is 151 Å². The molecule has 2 N–H and O–H groups in total. The van der Waals surface area contributed by atoms with Gasteiger partial charge in [0.15, 0.2) is 20.0 Å². The Morgan fingerprint density at radius 2 is 0.842 bits per heavy atom. The van der Waals surface area contributed by atoms with E-state index in [0.717, 1.165) is 71.4 Å². The van der Waals surface area contributed by atoms with Crippen LogP contribution < -0.4 is 59.3 Å². The van der Waals surface area contributed by atoms with Crippen molar-refractivity contribution in [1.29, 1.82) is 0 Å². The summed E-state index contributed by atoms with van der Waals surface area (Å²) in [7, 11) is -10.6. The molecule has 8 aromatic rings. The second-order valence-corrected chi connectivity index (χ2v) is 43.3. The molecule has 5 heterocycles. The third-order valence-electron chi connectivity index (χ3n) is 17.8. The Morgan fingerprint density at radius 1 is 0.455 bits per heavy atom. The Morgan fingerprint density at radius 3 is 1.30 bits per heavy atom. The molecule has 0 bridgehead atoms. The van der Waals surface area contributed by atoms with Crippen LogP contribution in [0, 0.1) is 20.8 Å². The van der Waals surface area contributed by atoms with Crippen molar-refractivity contribution >= 4 is 74.0 Å². The lowest BCUT2D eigenvalue weighted by Crippen LogP contribution is -2.30. The van der Waals surface area contributed by atoms with Gasteiger partial charge < -0.3 is 56.5 Å². The van der Waals surface area contributed by atoms with E-state index in [9.17, 15) is 30.7 Å². The molecule has 0 spiro atoms. The maximum absolute atomic E-state index is 13.6. The monoisotopic (exact) mass is 1480 g/mol. The molecule has 0 unspecified atom stereocenters. The van der Waals surface area contributed by atoms with E-state index < -0.39 is 47.9 Å². The lowest BCUT2D eigenvalue weighted by atomic mass is 9.80. The molecule has 0 aliphatic carbocycles. The summed E-state index contributed by atoms with van der Waals surface area (Å²) in [5, 5.41) is 20.7. The van der Waals surface area contributed by atoms with Crippen molar-refractivity contribution in [3.63, 3.8) is 0 Å². The Bertz CT molecular complexity index is 4410. The minimum Gasteiger partial charge on any atom is -0.497 e. The lowest BCUT2D eigenvalue weighted by Gasteiger charge is -2.28. The van der Waals surface area contributed by atoms with Crippen molar-refractivity contribution in [2.24, 2.45) is 0 Å². The summed E-state index contributed by atoms with van der Waals surface area (Å²) in [4.78, 5) is 0. The number of halogens is 3. The Labute approximate surface area is 598 Å². The van der Waals surface area contributed by atoms with Gasteiger partial charge in [0.1, 0.15) is 65.2 Å². The molecule has 23 heteroatoms. The number of para-hydroxylation sites is 1. The van der Waals surface area contributed by atoms with Crippen LogP contribution in [-0.2, 0) is 24.0 Å². The first-order valence-electron chi connectivity index (χ1n) is 33.4. The standard InChI is InChI=1S/C19H23O2P.C18H21O2P.C18H21OP.C12H14F3O5PS.C7H9BO3.C4H8O/c1-13-8-6-10-15(20-5)17(13)14-9-7-11-16-18(14)22(12-21-16)19(2,3)4;1-13-8-5-6-9-14(13)15-10-7-11-16-17(15)21(19,12-20-16)18(2,3)4;1-13-8-5-6-9-14(13)15-10-7-11-16-17(15)20(12-19-16)18(2,3)4;1-11(2,3)21(16)7-19-8-5-4-6-9(10(8)21)20-22(17,18)12(13,14)15;1-11-7-5-3-2-4-6(7)8(9)10;1-2-4-5-3-1/h6-11H,12H2,1-5H3;5-11H,12H2,1-4H3;5-11H,12H2,1-4H3;4-6H,7H2,1-3H3;2-5,9-10H,1H3;1-4H2/t22-;21-;20-;21-;;/m0101../s1. The average molecular weight is 1480 g/mol. The number of hydrogen-bond acceptors (Lipinski definition) is 14. The highest BCUT2D eigenvalue weighted by atomic mass is 32.2. The zero-order chi connectivity index (χ0) is 74.3. The van der Waals surface area contributed by atoms with Gasteiger partial charge in [-0.3, -0.25) is 0 Å². The molecule has 5 aliphatic heterocycles.